The third kappa shape index (κ3) is 5.94. The molecule has 0 amide bonds. The Morgan fingerprint density at radius 3 is 2.50 bits per heavy atom. The molecule has 1 saturated heterocycles. The van der Waals surface area contributed by atoms with Gasteiger partial charge in [0.25, 0.3) is 0 Å². The number of ether oxygens (including phenoxy) is 1. The third-order valence-corrected chi connectivity index (χ3v) is 1.84. The maximum Gasteiger partial charge on any atom is 0.0587 e. The van der Waals surface area contributed by atoms with Crippen LogP contribution in [0.5, 0.6) is 0 Å². The van der Waals surface area contributed by atoms with Gasteiger partial charge in [-0.2, -0.15) is 5.26 Å². The van der Waals surface area contributed by atoms with E-state index in [2.05, 4.69) is 6.58 Å². The summed E-state index contributed by atoms with van der Waals surface area (Å²) < 4.78 is 5.21. The molecule has 1 heterocycles. The minimum Gasteiger partial charge on any atom is -0.381 e. The fraction of sp³-hybridized carbons (Fsp3) is 0.700. The molecule has 2 heteroatoms. The molecule has 0 bridgehead atoms. The second-order valence-electron chi connectivity index (χ2n) is 2.80. The number of allylic oxidation sites excluding steroid dienone is 1. The molecule has 0 aromatic heterocycles. The monoisotopic (exact) mass is 167 g/mol. The summed E-state index contributed by atoms with van der Waals surface area (Å²) in [5.41, 5.74) is 0. The molecule has 12 heavy (non-hydrogen) atoms. The predicted octanol–water partition coefficient (Wildman–Crippen LogP) is 2.52. The lowest BCUT2D eigenvalue weighted by Gasteiger charge is -2.19. The molecular formula is C10H17NO. The van der Waals surface area contributed by atoms with Crippen molar-refractivity contribution in [3.05, 3.63) is 12.7 Å². The first-order chi connectivity index (χ1) is 5.85. The van der Waals surface area contributed by atoms with Gasteiger partial charge < -0.3 is 4.74 Å². The van der Waals surface area contributed by atoms with Crippen molar-refractivity contribution in [2.24, 2.45) is 5.92 Å². The number of hydrogen-bond acceptors (Lipinski definition) is 2. The van der Waals surface area contributed by atoms with Crippen LogP contribution in [-0.2, 0) is 4.74 Å². The second kappa shape index (κ2) is 8.29. The molecule has 2 nitrogen and oxygen atoms in total. The molecule has 0 radical (unpaired) electrons. The molecule has 0 atom stereocenters. The summed E-state index contributed by atoms with van der Waals surface area (Å²) in [5, 5.41) is 7.32. The molecule has 1 aliphatic heterocycles. The van der Waals surface area contributed by atoms with E-state index in [-0.39, 0.29) is 0 Å². The Kier molecular flexibility index (Phi) is 7.73. The van der Waals surface area contributed by atoms with Crippen LogP contribution in [0.15, 0.2) is 12.7 Å². The van der Waals surface area contributed by atoms with Gasteiger partial charge in [0.05, 0.1) is 6.07 Å². The zero-order chi connectivity index (χ0) is 9.23. The van der Waals surface area contributed by atoms with Crippen LogP contribution < -0.4 is 0 Å². The van der Waals surface area contributed by atoms with Crippen molar-refractivity contribution in [3.8, 4) is 6.07 Å². The lowest BCUT2D eigenvalue weighted by molar-refractivity contribution is 0.0673. The van der Waals surface area contributed by atoms with Gasteiger partial charge in [-0.05, 0) is 25.2 Å². The SMILES string of the molecule is C=CCC1CCOCC1.CC#N. The van der Waals surface area contributed by atoms with Gasteiger partial charge in [-0.15, -0.1) is 6.58 Å². The highest BCUT2D eigenvalue weighted by atomic mass is 16.5. The third-order valence-electron chi connectivity index (χ3n) is 1.84. The highest BCUT2D eigenvalue weighted by molar-refractivity contribution is 4.74. The number of rotatable bonds is 2. The largest absolute Gasteiger partial charge is 0.381 e. The molecule has 0 aliphatic carbocycles. The van der Waals surface area contributed by atoms with Crippen LogP contribution in [0, 0.1) is 17.2 Å². The van der Waals surface area contributed by atoms with E-state index in [1.807, 2.05) is 6.08 Å². The van der Waals surface area contributed by atoms with Crippen molar-refractivity contribution in [1.29, 1.82) is 5.26 Å². The van der Waals surface area contributed by atoms with E-state index < -0.39 is 0 Å². The zero-order valence-corrected chi connectivity index (χ0v) is 7.75. The minimum atomic E-state index is 0.858. The lowest BCUT2D eigenvalue weighted by Crippen LogP contribution is -2.14. The summed E-state index contributed by atoms with van der Waals surface area (Å²) >= 11 is 0. The summed E-state index contributed by atoms with van der Waals surface area (Å²) in [4.78, 5) is 0. The summed E-state index contributed by atoms with van der Waals surface area (Å²) in [6, 6.07) is 1.75. The predicted molar refractivity (Wildman–Crippen MR) is 49.6 cm³/mol. The minimum absolute atomic E-state index is 0.858. The smallest absolute Gasteiger partial charge is 0.0587 e. The zero-order valence-electron chi connectivity index (χ0n) is 7.75. The molecule has 0 aromatic rings. The summed E-state index contributed by atoms with van der Waals surface area (Å²) in [6.07, 6.45) is 5.64. The molecule has 0 saturated carbocycles. The van der Waals surface area contributed by atoms with Crippen molar-refractivity contribution in [2.75, 3.05) is 13.2 Å². The van der Waals surface area contributed by atoms with Crippen LogP contribution in [0.25, 0.3) is 0 Å². The van der Waals surface area contributed by atoms with E-state index in [9.17, 15) is 0 Å². The number of nitriles is 1. The standard InChI is InChI=1S/C8H14O.C2H3N/c1-2-3-8-4-6-9-7-5-8;1-2-3/h2,8H,1,3-7H2;1H3. The molecule has 1 rings (SSSR count). The highest BCUT2D eigenvalue weighted by Crippen LogP contribution is 2.17. The van der Waals surface area contributed by atoms with Gasteiger partial charge in [0.15, 0.2) is 0 Å². The van der Waals surface area contributed by atoms with Gasteiger partial charge in [0.2, 0.25) is 0 Å². The maximum absolute atomic E-state index is 7.32. The first-order valence-electron chi connectivity index (χ1n) is 4.34. The molecule has 1 fully saturated rings. The first kappa shape index (κ1) is 11.2. The van der Waals surface area contributed by atoms with Gasteiger partial charge in [0.1, 0.15) is 0 Å². The summed E-state index contributed by atoms with van der Waals surface area (Å²) in [6.45, 7) is 7.06. The van der Waals surface area contributed by atoms with E-state index in [0.29, 0.717) is 0 Å². The highest BCUT2D eigenvalue weighted by Gasteiger charge is 2.10. The van der Waals surface area contributed by atoms with Gasteiger partial charge in [-0.25, -0.2) is 0 Å². The van der Waals surface area contributed by atoms with Gasteiger partial charge in [-0.3, -0.25) is 0 Å². The summed E-state index contributed by atoms with van der Waals surface area (Å²) in [5.74, 6) is 0.858. The van der Waals surface area contributed by atoms with E-state index >= 15 is 0 Å². The second-order valence-corrected chi connectivity index (χ2v) is 2.80. The van der Waals surface area contributed by atoms with E-state index in [0.717, 1.165) is 19.1 Å². The number of hydrogen-bond donors (Lipinski definition) is 0. The topological polar surface area (TPSA) is 33.0 Å². The van der Waals surface area contributed by atoms with Crippen molar-refractivity contribution < 1.29 is 4.74 Å². The number of nitrogens with zero attached hydrogens (tertiary/aromatic N) is 1. The van der Waals surface area contributed by atoms with Crippen LogP contribution in [0.3, 0.4) is 0 Å². The Balaban J connectivity index is 0.000000354. The van der Waals surface area contributed by atoms with Crippen LogP contribution >= 0.6 is 0 Å². The quantitative estimate of drug-likeness (QED) is 0.592. The molecule has 0 unspecified atom stereocenters. The first-order valence-corrected chi connectivity index (χ1v) is 4.34. The molecule has 68 valence electrons. The summed E-state index contributed by atoms with van der Waals surface area (Å²) in [7, 11) is 0. The van der Waals surface area contributed by atoms with Crippen molar-refractivity contribution in [2.45, 2.75) is 26.2 Å². The van der Waals surface area contributed by atoms with E-state index in [4.69, 9.17) is 10.00 Å². The molecular weight excluding hydrogens is 150 g/mol. The molecule has 0 N–H and O–H groups in total. The Bertz CT molecular complexity index is 142. The van der Waals surface area contributed by atoms with Gasteiger partial charge >= 0.3 is 0 Å². The fourth-order valence-electron chi connectivity index (χ4n) is 1.22. The molecule has 1 aliphatic rings. The lowest BCUT2D eigenvalue weighted by atomic mass is 9.97. The Labute approximate surface area is 74.8 Å². The average molecular weight is 167 g/mol. The Morgan fingerprint density at radius 2 is 2.08 bits per heavy atom. The van der Waals surface area contributed by atoms with Crippen molar-refractivity contribution in [3.63, 3.8) is 0 Å². The average Bonchev–Trinajstić information content (AvgIpc) is 2.08. The normalized spacial score (nSPS) is 17.0. The van der Waals surface area contributed by atoms with Crippen molar-refractivity contribution in [1.82, 2.24) is 0 Å². The van der Waals surface area contributed by atoms with Gasteiger partial charge in [0, 0.05) is 20.1 Å². The fourth-order valence-corrected chi connectivity index (χ4v) is 1.22. The van der Waals surface area contributed by atoms with Crippen LogP contribution in [0.4, 0.5) is 0 Å². The van der Waals surface area contributed by atoms with Crippen LogP contribution in [0.1, 0.15) is 26.2 Å². The van der Waals surface area contributed by atoms with Gasteiger partial charge in [-0.1, -0.05) is 6.08 Å². The maximum atomic E-state index is 7.32. The van der Waals surface area contributed by atoms with E-state index in [1.54, 1.807) is 6.07 Å². The Hall–Kier alpha value is -0.810. The van der Waals surface area contributed by atoms with Crippen LogP contribution in [0.2, 0.25) is 0 Å². The molecule has 0 aromatic carbocycles. The van der Waals surface area contributed by atoms with Crippen molar-refractivity contribution >= 4 is 0 Å². The Morgan fingerprint density at radius 1 is 1.58 bits per heavy atom. The van der Waals surface area contributed by atoms with E-state index in [1.165, 1.54) is 26.2 Å². The molecule has 0 spiro atoms. The van der Waals surface area contributed by atoms with Crippen LogP contribution in [-0.4, -0.2) is 13.2 Å².